The third-order valence-electron chi connectivity index (χ3n) is 6.14. The Balaban J connectivity index is 1.47. The minimum absolute atomic E-state index is 0.118. The molecule has 0 spiro atoms. The van der Waals surface area contributed by atoms with Gasteiger partial charge in [0.1, 0.15) is 23.8 Å². The molecule has 2 amide bonds. The lowest BCUT2D eigenvalue weighted by Gasteiger charge is -2.14. The largest absolute Gasteiger partial charge is 0.481 e. The quantitative estimate of drug-likeness (QED) is 0.230. The summed E-state index contributed by atoms with van der Waals surface area (Å²) in [7, 11) is 0. The Morgan fingerprint density at radius 3 is 2.27 bits per heavy atom. The van der Waals surface area contributed by atoms with Gasteiger partial charge in [0.15, 0.2) is 5.65 Å². The predicted octanol–water partition coefficient (Wildman–Crippen LogP) is 1.89. The van der Waals surface area contributed by atoms with Crippen LogP contribution in [0.1, 0.15) is 34.7 Å². The number of carbonyl (C=O) groups is 4. The van der Waals surface area contributed by atoms with Crippen LogP contribution >= 0.6 is 0 Å². The number of rotatable bonds is 10. The van der Waals surface area contributed by atoms with Gasteiger partial charge in [-0.1, -0.05) is 18.2 Å². The van der Waals surface area contributed by atoms with Crippen LogP contribution in [0, 0.1) is 13.8 Å². The fraction of sp³-hybridized carbons (Fsp3) is 0.222. The Kier molecular flexibility index (Phi) is 8.03. The topological polar surface area (TPSA) is 186 Å². The van der Waals surface area contributed by atoms with Gasteiger partial charge in [-0.15, -0.1) is 0 Å². The molecule has 0 aliphatic carbocycles. The third kappa shape index (κ3) is 6.04. The molecule has 0 aliphatic heterocycles. The number of benzene rings is 2. The number of fused-ring (bicyclic) bond motifs is 1. The minimum atomic E-state index is -1.36. The van der Waals surface area contributed by atoms with Gasteiger partial charge in [0, 0.05) is 17.7 Å². The number of aliphatic carboxylic acids is 2. The molecule has 0 radical (unpaired) electrons. The summed E-state index contributed by atoms with van der Waals surface area (Å²) < 4.78 is 2.85. The molecule has 0 bridgehead atoms. The minimum Gasteiger partial charge on any atom is -0.481 e. The van der Waals surface area contributed by atoms with Crippen molar-refractivity contribution in [2.24, 2.45) is 0 Å². The van der Waals surface area contributed by atoms with Crippen molar-refractivity contribution in [3.63, 3.8) is 0 Å². The van der Waals surface area contributed by atoms with E-state index in [1.807, 2.05) is 30.3 Å². The number of carboxylic acid groups (broad SMARTS) is 2. The van der Waals surface area contributed by atoms with E-state index in [0.717, 1.165) is 5.69 Å². The number of carboxylic acids is 2. The van der Waals surface area contributed by atoms with Crippen molar-refractivity contribution in [3.05, 3.63) is 82.0 Å². The highest BCUT2D eigenvalue weighted by atomic mass is 16.4. The second kappa shape index (κ2) is 11.6. The second-order valence-electron chi connectivity index (χ2n) is 9.00. The van der Waals surface area contributed by atoms with Gasteiger partial charge in [-0.05, 0) is 56.7 Å². The molecule has 0 unspecified atom stereocenters. The first kappa shape index (κ1) is 27.7. The molecular formula is C27H26N6O7. The summed E-state index contributed by atoms with van der Waals surface area (Å²) >= 11 is 0. The zero-order valence-electron chi connectivity index (χ0n) is 21.6. The highest BCUT2D eigenvalue weighted by molar-refractivity contribution is 5.97. The average Bonchev–Trinajstić information content (AvgIpc) is 3.25. The maximum atomic E-state index is 13.3. The molecule has 2 heterocycles. The highest BCUT2D eigenvalue weighted by Crippen LogP contribution is 2.18. The number of nitrogens with one attached hydrogen (secondary N) is 2. The van der Waals surface area contributed by atoms with E-state index in [1.165, 1.54) is 28.8 Å². The lowest BCUT2D eigenvalue weighted by molar-refractivity contribution is -0.140. The first-order valence-corrected chi connectivity index (χ1v) is 12.2. The van der Waals surface area contributed by atoms with E-state index in [4.69, 9.17) is 5.11 Å². The summed E-state index contributed by atoms with van der Waals surface area (Å²) in [5, 5.41) is 27.7. The number of carbonyl (C=O) groups excluding carboxylic acids is 2. The van der Waals surface area contributed by atoms with E-state index in [1.54, 1.807) is 18.5 Å². The lowest BCUT2D eigenvalue weighted by atomic mass is 10.1. The van der Waals surface area contributed by atoms with Gasteiger partial charge in [0.2, 0.25) is 5.91 Å². The molecule has 0 saturated heterocycles. The van der Waals surface area contributed by atoms with E-state index in [9.17, 15) is 29.1 Å². The Morgan fingerprint density at radius 1 is 0.975 bits per heavy atom. The van der Waals surface area contributed by atoms with Gasteiger partial charge in [0.25, 0.3) is 11.5 Å². The first-order valence-electron chi connectivity index (χ1n) is 12.2. The molecule has 2 aromatic heterocycles. The van der Waals surface area contributed by atoms with Crippen LogP contribution in [-0.4, -0.2) is 59.3 Å². The van der Waals surface area contributed by atoms with E-state index in [0.29, 0.717) is 28.2 Å². The van der Waals surface area contributed by atoms with Crippen LogP contribution in [0.25, 0.3) is 16.7 Å². The van der Waals surface area contributed by atoms with Crippen molar-refractivity contribution in [1.82, 2.24) is 24.6 Å². The number of aryl methyl sites for hydroxylation is 2. The number of anilines is 1. The van der Waals surface area contributed by atoms with Crippen molar-refractivity contribution in [1.29, 1.82) is 0 Å². The lowest BCUT2D eigenvalue weighted by Crippen LogP contribution is -2.41. The number of hydrogen-bond acceptors (Lipinski definition) is 7. The van der Waals surface area contributed by atoms with Crippen LogP contribution in [-0.2, 0) is 20.9 Å². The molecule has 0 saturated carbocycles. The maximum absolute atomic E-state index is 13.3. The van der Waals surface area contributed by atoms with Gasteiger partial charge in [-0.3, -0.25) is 23.7 Å². The van der Waals surface area contributed by atoms with Crippen LogP contribution in [0.3, 0.4) is 0 Å². The Labute approximate surface area is 227 Å². The fourth-order valence-electron chi connectivity index (χ4n) is 4.12. The molecule has 0 aliphatic rings. The maximum Gasteiger partial charge on any atom is 0.326 e. The van der Waals surface area contributed by atoms with Crippen LogP contribution in [0.15, 0.2) is 59.4 Å². The van der Waals surface area contributed by atoms with Gasteiger partial charge in [-0.2, -0.15) is 5.10 Å². The Hall–Kier alpha value is -5.33. The second-order valence-corrected chi connectivity index (χ2v) is 9.00. The van der Waals surface area contributed by atoms with E-state index in [-0.39, 0.29) is 18.5 Å². The number of para-hydroxylation sites is 1. The van der Waals surface area contributed by atoms with Crippen LogP contribution in [0.5, 0.6) is 0 Å². The molecule has 13 heteroatoms. The van der Waals surface area contributed by atoms with Gasteiger partial charge in [0.05, 0.1) is 11.4 Å². The normalized spacial score (nSPS) is 11.7. The average molecular weight is 547 g/mol. The Morgan fingerprint density at radius 2 is 1.65 bits per heavy atom. The van der Waals surface area contributed by atoms with Crippen LogP contribution < -0.4 is 16.2 Å². The summed E-state index contributed by atoms with van der Waals surface area (Å²) in [4.78, 5) is 65.1. The summed E-state index contributed by atoms with van der Waals surface area (Å²) in [5.74, 6) is -3.40. The van der Waals surface area contributed by atoms with Gasteiger partial charge in [-0.25, -0.2) is 14.5 Å². The zero-order valence-corrected chi connectivity index (χ0v) is 21.6. The summed E-state index contributed by atoms with van der Waals surface area (Å²) in [6, 6.07) is 13.6. The third-order valence-corrected chi connectivity index (χ3v) is 6.14. The summed E-state index contributed by atoms with van der Waals surface area (Å²) in [5.41, 5.74) is 1.68. The molecule has 1 atom stereocenters. The molecule has 4 rings (SSSR count). The zero-order chi connectivity index (χ0) is 29.0. The van der Waals surface area contributed by atoms with Gasteiger partial charge >= 0.3 is 11.9 Å². The predicted molar refractivity (Wildman–Crippen MR) is 143 cm³/mol. The van der Waals surface area contributed by atoms with Crippen molar-refractivity contribution in [2.45, 2.75) is 39.3 Å². The number of amides is 2. The SMILES string of the molecule is Cc1nn(-c2ccccc2)c2nc(C)n(CC(=O)Nc3ccc(C(=O)N[C@@H](CCC(=O)O)C(=O)O)cc3)c(=O)c12. The van der Waals surface area contributed by atoms with Gasteiger partial charge < -0.3 is 20.8 Å². The standard InChI is InChI=1S/C27H26N6O7/c1-15-23-24(33(31-15)19-6-4-3-5-7-19)28-16(2)32(26(23)38)14-21(34)29-18-10-8-17(9-11-18)25(37)30-20(27(39)40)12-13-22(35)36/h3-11,20H,12-14H2,1-2H3,(H,29,34)(H,30,37)(H,35,36)(H,39,40)/t20-/m0/s1. The molecule has 4 aromatic rings. The highest BCUT2D eigenvalue weighted by Gasteiger charge is 2.22. The number of nitrogens with zero attached hydrogens (tertiary/aromatic N) is 4. The summed E-state index contributed by atoms with van der Waals surface area (Å²) in [6.45, 7) is 3.02. The van der Waals surface area contributed by atoms with Crippen LogP contribution in [0.2, 0.25) is 0 Å². The number of hydrogen-bond donors (Lipinski definition) is 4. The van der Waals surface area contributed by atoms with E-state index in [2.05, 4.69) is 20.7 Å². The van der Waals surface area contributed by atoms with E-state index >= 15 is 0 Å². The van der Waals surface area contributed by atoms with Crippen molar-refractivity contribution >= 4 is 40.5 Å². The number of aromatic nitrogens is 4. The Bertz CT molecular complexity index is 1660. The molecule has 2 aromatic carbocycles. The summed E-state index contributed by atoms with van der Waals surface area (Å²) in [6.07, 6.45) is -0.682. The monoisotopic (exact) mass is 546 g/mol. The van der Waals surface area contributed by atoms with Crippen LogP contribution in [0.4, 0.5) is 5.69 Å². The molecule has 4 N–H and O–H groups in total. The van der Waals surface area contributed by atoms with E-state index < -0.39 is 41.8 Å². The van der Waals surface area contributed by atoms with Crippen molar-refractivity contribution in [2.75, 3.05) is 5.32 Å². The molecule has 0 fully saturated rings. The molecule has 40 heavy (non-hydrogen) atoms. The molecular weight excluding hydrogens is 520 g/mol. The fourth-order valence-corrected chi connectivity index (χ4v) is 4.12. The van der Waals surface area contributed by atoms with Crippen molar-refractivity contribution in [3.8, 4) is 5.69 Å². The molecule has 206 valence electrons. The van der Waals surface area contributed by atoms with Crippen molar-refractivity contribution < 1.29 is 29.4 Å². The molecule has 13 nitrogen and oxygen atoms in total. The first-order chi connectivity index (χ1) is 19.0. The smallest absolute Gasteiger partial charge is 0.326 e.